The van der Waals surface area contributed by atoms with Gasteiger partial charge in [-0.15, -0.1) is 5.10 Å². The number of rotatable bonds is 6. The number of nitrogens with zero attached hydrogens (tertiary/aromatic N) is 4. The highest BCUT2D eigenvalue weighted by Gasteiger charge is 2.28. The number of hydrogen-bond donors (Lipinski definition) is 1. The van der Waals surface area contributed by atoms with Gasteiger partial charge in [0.15, 0.2) is 0 Å². The number of hydrogen-bond acceptors (Lipinski definition) is 5. The van der Waals surface area contributed by atoms with Crippen LogP contribution >= 0.6 is 0 Å². The molecule has 18 heavy (non-hydrogen) atoms. The fraction of sp³-hybridized carbons (Fsp3) is 0.636. The van der Waals surface area contributed by atoms with Gasteiger partial charge in [-0.1, -0.05) is 12.1 Å². The third-order valence-electron chi connectivity index (χ3n) is 2.85. The maximum atomic E-state index is 11.4. The molecule has 1 N–H and O–H groups in total. The quantitative estimate of drug-likeness (QED) is 0.692. The summed E-state index contributed by atoms with van der Waals surface area (Å²) >= 11 is 0. The molecule has 98 valence electrons. The summed E-state index contributed by atoms with van der Waals surface area (Å²) in [6.07, 6.45) is 2.50. The lowest BCUT2D eigenvalue weighted by molar-refractivity contribution is -0.138. The van der Waals surface area contributed by atoms with Crippen LogP contribution in [0.15, 0.2) is 6.20 Å². The van der Waals surface area contributed by atoms with Crippen molar-refractivity contribution in [2.24, 2.45) is 0 Å². The van der Waals surface area contributed by atoms with E-state index in [9.17, 15) is 9.59 Å². The van der Waals surface area contributed by atoms with E-state index >= 15 is 0 Å². The van der Waals surface area contributed by atoms with Crippen LogP contribution in [0.5, 0.6) is 0 Å². The van der Waals surface area contributed by atoms with E-state index in [0.29, 0.717) is 32.5 Å². The smallest absolute Gasteiger partial charge is 0.229 e. The van der Waals surface area contributed by atoms with Crippen LogP contribution < -0.4 is 5.32 Å². The van der Waals surface area contributed by atoms with Crippen LogP contribution in [0, 0.1) is 0 Å². The highest BCUT2D eigenvalue weighted by Crippen LogP contribution is 2.11. The van der Waals surface area contributed by atoms with Gasteiger partial charge < -0.3 is 5.32 Å². The van der Waals surface area contributed by atoms with Gasteiger partial charge in [-0.2, -0.15) is 0 Å². The summed E-state index contributed by atoms with van der Waals surface area (Å²) in [5, 5.41) is 11.1. The Labute approximate surface area is 105 Å². The second-order valence-electron chi connectivity index (χ2n) is 4.19. The molecule has 0 spiro atoms. The van der Waals surface area contributed by atoms with Crippen molar-refractivity contribution in [3.8, 4) is 0 Å². The maximum absolute atomic E-state index is 11.4. The molecular weight excluding hydrogens is 234 g/mol. The van der Waals surface area contributed by atoms with Crippen LogP contribution in [-0.2, 0) is 22.7 Å². The molecule has 0 saturated carbocycles. The Morgan fingerprint density at radius 1 is 1.28 bits per heavy atom. The zero-order chi connectivity index (χ0) is 13.0. The fourth-order valence-electron chi connectivity index (χ4n) is 1.86. The van der Waals surface area contributed by atoms with Gasteiger partial charge in [0, 0.05) is 32.1 Å². The first kappa shape index (κ1) is 12.7. The van der Waals surface area contributed by atoms with Crippen molar-refractivity contribution in [2.75, 3.05) is 13.1 Å². The molecule has 0 bridgehead atoms. The molecule has 0 atom stereocenters. The van der Waals surface area contributed by atoms with E-state index in [0.717, 1.165) is 12.2 Å². The van der Waals surface area contributed by atoms with Crippen molar-refractivity contribution < 1.29 is 9.59 Å². The van der Waals surface area contributed by atoms with Gasteiger partial charge >= 0.3 is 0 Å². The Morgan fingerprint density at radius 2 is 2.00 bits per heavy atom. The summed E-state index contributed by atoms with van der Waals surface area (Å²) in [4.78, 5) is 24.1. The standard InChI is InChI=1S/C11H17N5O2/c1-2-12-7-9-8-15(14-13-9)5-6-16-10(17)3-4-11(16)18/h8,12H,2-7H2,1H3. The van der Waals surface area contributed by atoms with Crippen LogP contribution in [0.1, 0.15) is 25.5 Å². The molecule has 0 unspecified atom stereocenters. The van der Waals surface area contributed by atoms with Gasteiger partial charge in [0.1, 0.15) is 0 Å². The first-order chi connectivity index (χ1) is 8.70. The fourth-order valence-corrected chi connectivity index (χ4v) is 1.86. The van der Waals surface area contributed by atoms with Gasteiger partial charge in [-0.3, -0.25) is 19.2 Å². The van der Waals surface area contributed by atoms with Crippen LogP contribution in [0.3, 0.4) is 0 Å². The monoisotopic (exact) mass is 251 g/mol. The lowest BCUT2D eigenvalue weighted by Gasteiger charge is -2.12. The van der Waals surface area contributed by atoms with Crippen molar-refractivity contribution in [3.63, 3.8) is 0 Å². The number of likely N-dealkylation sites (tertiary alicyclic amines) is 1. The van der Waals surface area contributed by atoms with Gasteiger partial charge in [-0.25, -0.2) is 0 Å². The predicted molar refractivity (Wildman–Crippen MR) is 63.4 cm³/mol. The van der Waals surface area contributed by atoms with E-state index in [-0.39, 0.29) is 11.8 Å². The molecule has 1 fully saturated rings. The van der Waals surface area contributed by atoms with Crippen LogP contribution in [0.4, 0.5) is 0 Å². The van der Waals surface area contributed by atoms with Gasteiger partial charge in [0.05, 0.1) is 12.2 Å². The summed E-state index contributed by atoms with van der Waals surface area (Å²) in [5.74, 6) is -0.180. The number of imide groups is 1. The van der Waals surface area contributed by atoms with Gasteiger partial charge in [-0.05, 0) is 6.54 Å². The minimum atomic E-state index is -0.0898. The van der Waals surface area contributed by atoms with E-state index in [1.807, 2.05) is 13.1 Å². The molecule has 1 aliphatic rings. The van der Waals surface area contributed by atoms with Crippen LogP contribution in [0.2, 0.25) is 0 Å². The lowest BCUT2D eigenvalue weighted by atomic mass is 10.4. The lowest BCUT2D eigenvalue weighted by Crippen LogP contribution is -2.32. The molecular formula is C11H17N5O2. The minimum Gasteiger partial charge on any atom is -0.311 e. The normalized spacial score (nSPS) is 15.7. The molecule has 2 heterocycles. The molecule has 1 aromatic rings. The Kier molecular flexibility index (Phi) is 4.03. The summed E-state index contributed by atoms with van der Waals surface area (Å²) in [7, 11) is 0. The SMILES string of the molecule is CCNCc1cn(CCN2C(=O)CCC2=O)nn1. The molecule has 0 aliphatic carbocycles. The summed E-state index contributed by atoms with van der Waals surface area (Å²) in [6, 6.07) is 0. The van der Waals surface area contributed by atoms with Crippen LogP contribution in [-0.4, -0.2) is 44.8 Å². The molecule has 1 aliphatic heterocycles. The Balaban J connectivity index is 1.84. The van der Waals surface area contributed by atoms with E-state index in [1.165, 1.54) is 4.90 Å². The third-order valence-corrected chi connectivity index (χ3v) is 2.85. The van der Waals surface area contributed by atoms with E-state index in [4.69, 9.17) is 0 Å². The van der Waals surface area contributed by atoms with Gasteiger partial charge in [0.25, 0.3) is 0 Å². The zero-order valence-corrected chi connectivity index (χ0v) is 10.4. The second kappa shape index (κ2) is 5.72. The largest absolute Gasteiger partial charge is 0.311 e. The number of carbonyl (C=O) groups is 2. The van der Waals surface area contributed by atoms with Crippen molar-refractivity contribution in [2.45, 2.75) is 32.9 Å². The van der Waals surface area contributed by atoms with E-state index < -0.39 is 0 Å². The Hall–Kier alpha value is -1.76. The number of aromatic nitrogens is 3. The Morgan fingerprint density at radius 3 is 2.67 bits per heavy atom. The molecule has 1 saturated heterocycles. The predicted octanol–water partition coefficient (Wildman–Crippen LogP) is -0.463. The molecule has 7 nitrogen and oxygen atoms in total. The molecule has 2 amide bonds. The first-order valence-corrected chi connectivity index (χ1v) is 6.13. The first-order valence-electron chi connectivity index (χ1n) is 6.13. The van der Waals surface area contributed by atoms with Crippen molar-refractivity contribution >= 4 is 11.8 Å². The summed E-state index contributed by atoms with van der Waals surface area (Å²) in [5.41, 5.74) is 0.857. The number of amides is 2. The summed E-state index contributed by atoms with van der Waals surface area (Å²) in [6.45, 7) is 4.45. The number of nitrogens with one attached hydrogen (secondary N) is 1. The summed E-state index contributed by atoms with van der Waals surface area (Å²) < 4.78 is 1.66. The van der Waals surface area contributed by atoms with Crippen molar-refractivity contribution in [1.29, 1.82) is 0 Å². The van der Waals surface area contributed by atoms with E-state index in [2.05, 4.69) is 15.6 Å². The second-order valence-corrected chi connectivity index (χ2v) is 4.19. The highest BCUT2D eigenvalue weighted by molar-refractivity contribution is 6.01. The van der Waals surface area contributed by atoms with Crippen molar-refractivity contribution in [3.05, 3.63) is 11.9 Å². The maximum Gasteiger partial charge on any atom is 0.229 e. The van der Waals surface area contributed by atoms with Crippen molar-refractivity contribution in [1.82, 2.24) is 25.2 Å². The van der Waals surface area contributed by atoms with Gasteiger partial charge in [0.2, 0.25) is 11.8 Å². The average molecular weight is 251 g/mol. The van der Waals surface area contributed by atoms with E-state index in [1.54, 1.807) is 4.68 Å². The minimum absolute atomic E-state index is 0.0898. The highest BCUT2D eigenvalue weighted by atomic mass is 16.2. The average Bonchev–Trinajstić information content (AvgIpc) is 2.93. The molecule has 7 heteroatoms. The van der Waals surface area contributed by atoms with Crippen LogP contribution in [0.25, 0.3) is 0 Å². The Bertz CT molecular complexity index is 426. The molecule has 0 aromatic carbocycles. The zero-order valence-electron chi connectivity index (χ0n) is 10.4. The third kappa shape index (κ3) is 2.92. The molecule has 0 radical (unpaired) electrons. The topological polar surface area (TPSA) is 80.1 Å². The molecule has 2 rings (SSSR count). The molecule has 1 aromatic heterocycles. The number of carbonyl (C=O) groups excluding carboxylic acids is 2.